The van der Waals surface area contributed by atoms with Crippen LogP contribution in [0.2, 0.25) is 0 Å². The Bertz CT molecular complexity index is 1480. The lowest BCUT2D eigenvalue weighted by molar-refractivity contribution is -0.385. The van der Waals surface area contributed by atoms with Crippen molar-refractivity contribution < 1.29 is 28.7 Å². The summed E-state index contributed by atoms with van der Waals surface area (Å²) in [5, 5.41) is 15.0. The monoisotopic (exact) mass is 546 g/mol. The van der Waals surface area contributed by atoms with Gasteiger partial charge in [-0.05, 0) is 62.6 Å². The van der Waals surface area contributed by atoms with E-state index in [-0.39, 0.29) is 29.6 Å². The number of benzene rings is 3. The molecule has 40 heavy (non-hydrogen) atoms. The van der Waals surface area contributed by atoms with Crippen molar-refractivity contribution in [2.45, 2.75) is 52.7 Å². The molecule has 0 unspecified atom stereocenters. The number of anilines is 1. The van der Waals surface area contributed by atoms with Gasteiger partial charge in [0.2, 0.25) is 0 Å². The molecule has 0 fully saturated rings. The first-order valence-electron chi connectivity index (χ1n) is 13.0. The first-order valence-corrected chi connectivity index (χ1v) is 13.0. The number of nitrogens with one attached hydrogen (secondary N) is 1. The van der Waals surface area contributed by atoms with E-state index in [9.17, 15) is 14.9 Å². The predicted molar refractivity (Wildman–Crippen MR) is 154 cm³/mol. The molecule has 1 aliphatic heterocycles. The van der Waals surface area contributed by atoms with Gasteiger partial charge in [-0.1, -0.05) is 19.1 Å². The molecule has 0 aliphatic carbocycles. The number of hydrogen-bond acceptors (Lipinski definition) is 8. The van der Waals surface area contributed by atoms with E-state index in [1.165, 1.54) is 25.3 Å². The molecule has 0 saturated heterocycles. The van der Waals surface area contributed by atoms with E-state index in [2.05, 4.69) is 32.2 Å². The Kier molecular flexibility index (Phi) is 8.32. The second-order valence-electron chi connectivity index (χ2n) is 10.2. The van der Waals surface area contributed by atoms with E-state index in [4.69, 9.17) is 18.9 Å². The van der Waals surface area contributed by atoms with Crippen molar-refractivity contribution in [3.63, 3.8) is 0 Å². The van der Waals surface area contributed by atoms with Gasteiger partial charge in [0.25, 0.3) is 5.69 Å². The van der Waals surface area contributed by atoms with E-state index in [1.54, 1.807) is 19.2 Å². The number of carbonyl (C=O) groups excluding carboxylic acids is 1. The molecule has 210 valence electrons. The van der Waals surface area contributed by atoms with Gasteiger partial charge in [0, 0.05) is 40.9 Å². The molecule has 0 atom stereocenters. The molecule has 0 saturated carbocycles. The second-order valence-corrected chi connectivity index (χ2v) is 10.2. The van der Waals surface area contributed by atoms with Crippen molar-refractivity contribution in [1.29, 1.82) is 0 Å². The fraction of sp³-hybridized carbons (Fsp3) is 0.323. The van der Waals surface area contributed by atoms with Crippen LogP contribution in [-0.4, -0.2) is 30.7 Å². The molecule has 1 heterocycles. The van der Waals surface area contributed by atoms with E-state index in [0.29, 0.717) is 30.1 Å². The minimum Gasteiger partial charge on any atom is -0.496 e. The fourth-order valence-corrected chi connectivity index (χ4v) is 4.99. The zero-order chi connectivity index (χ0) is 29.0. The molecule has 3 aromatic rings. The van der Waals surface area contributed by atoms with Crippen molar-refractivity contribution in [2.75, 3.05) is 19.5 Å². The Morgan fingerprint density at radius 2 is 1.70 bits per heavy atom. The van der Waals surface area contributed by atoms with E-state index in [0.717, 1.165) is 33.5 Å². The van der Waals surface area contributed by atoms with Crippen LogP contribution < -0.4 is 24.3 Å². The minimum absolute atomic E-state index is 0.0968. The van der Waals surface area contributed by atoms with Crippen LogP contribution in [-0.2, 0) is 11.4 Å². The van der Waals surface area contributed by atoms with Crippen LogP contribution in [0.25, 0.3) is 16.7 Å². The Morgan fingerprint density at radius 1 is 0.975 bits per heavy atom. The van der Waals surface area contributed by atoms with Crippen molar-refractivity contribution in [1.82, 2.24) is 0 Å². The molecule has 0 bridgehead atoms. The van der Waals surface area contributed by atoms with Gasteiger partial charge in [-0.3, -0.25) is 14.9 Å². The predicted octanol–water partition coefficient (Wildman–Crippen LogP) is 7.17. The number of methoxy groups -OCH3 is 2. The van der Waals surface area contributed by atoms with Gasteiger partial charge in [-0.2, -0.15) is 0 Å². The van der Waals surface area contributed by atoms with Crippen LogP contribution in [0.5, 0.6) is 23.0 Å². The number of esters is 1. The Hall–Kier alpha value is -4.53. The molecule has 3 aromatic carbocycles. The number of nitro benzene ring substituents is 1. The normalized spacial score (nSPS) is 13.4. The molecule has 4 rings (SSSR count). The Morgan fingerprint density at radius 3 is 2.38 bits per heavy atom. The Balaban J connectivity index is 1.83. The Labute approximate surface area is 233 Å². The summed E-state index contributed by atoms with van der Waals surface area (Å²) < 4.78 is 22.8. The van der Waals surface area contributed by atoms with Crippen LogP contribution >= 0.6 is 0 Å². The highest BCUT2D eigenvalue weighted by Gasteiger charge is 2.27. The third kappa shape index (κ3) is 6.03. The van der Waals surface area contributed by atoms with Crippen molar-refractivity contribution in [2.24, 2.45) is 0 Å². The molecular formula is C31H34N2O7. The van der Waals surface area contributed by atoms with Gasteiger partial charge in [-0.15, -0.1) is 0 Å². The molecule has 9 nitrogen and oxygen atoms in total. The van der Waals surface area contributed by atoms with Crippen LogP contribution in [0.1, 0.15) is 51.7 Å². The number of allylic oxidation sites excluding steroid dienone is 1. The summed E-state index contributed by atoms with van der Waals surface area (Å²) in [6.45, 7) is 8.26. The van der Waals surface area contributed by atoms with Gasteiger partial charge in [0.1, 0.15) is 18.1 Å². The fourth-order valence-electron chi connectivity index (χ4n) is 4.99. The first kappa shape index (κ1) is 28.5. The average Bonchev–Trinajstić information content (AvgIpc) is 2.90. The lowest BCUT2D eigenvalue weighted by Gasteiger charge is -2.33. The van der Waals surface area contributed by atoms with Gasteiger partial charge in [-0.25, -0.2) is 0 Å². The van der Waals surface area contributed by atoms with Crippen LogP contribution in [0, 0.1) is 10.1 Å². The van der Waals surface area contributed by atoms with Crippen LogP contribution in [0.15, 0.2) is 54.6 Å². The maximum Gasteiger partial charge on any atom is 0.311 e. The largest absolute Gasteiger partial charge is 0.496 e. The molecular weight excluding hydrogens is 512 g/mol. The summed E-state index contributed by atoms with van der Waals surface area (Å²) in [4.78, 5) is 23.0. The number of rotatable bonds is 10. The lowest BCUT2D eigenvalue weighted by Crippen LogP contribution is -2.32. The zero-order valence-corrected chi connectivity index (χ0v) is 23.6. The van der Waals surface area contributed by atoms with Crippen molar-refractivity contribution >= 4 is 22.9 Å². The SMILES string of the molecule is CCCC(=O)Oc1ccc(-c2ccc3c(c2COc2cc([N+](=O)[O-])ccc2OC)C(C)=CC(C)(C)N3)c(OC)c1. The summed E-state index contributed by atoms with van der Waals surface area (Å²) in [5.74, 6) is 1.27. The third-order valence-electron chi connectivity index (χ3n) is 6.62. The molecule has 0 radical (unpaired) electrons. The van der Waals surface area contributed by atoms with Crippen molar-refractivity contribution in [3.05, 3.63) is 75.8 Å². The van der Waals surface area contributed by atoms with Gasteiger partial charge < -0.3 is 24.3 Å². The van der Waals surface area contributed by atoms with Gasteiger partial charge in [0.15, 0.2) is 11.5 Å². The molecule has 9 heteroatoms. The number of nitro groups is 1. The molecule has 0 spiro atoms. The van der Waals surface area contributed by atoms with E-state index < -0.39 is 4.92 Å². The summed E-state index contributed by atoms with van der Waals surface area (Å²) in [5.41, 5.74) is 5.13. The quantitative estimate of drug-likeness (QED) is 0.123. The van der Waals surface area contributed by atoms with Crippen LogP contribution in [0.4, 0.5) is 11.4 Å². The highest BCUT2D eigenvalue weighted by Crippen LogP contribution is 2.44. The smallest absolute Gasteiger partial charge is 0.311 e. The third-order valence-corrected chi connectivity index (χ3v) is 6.62. The van der Waals surface area contributed by atoms with Gasteiger partial charge in [0.05, 0.1) is 30.7 Å². The average molecular weight is 547 g/mol. The van der Waals surface area contributed by atoms with E-state index >= 15 is 0 Å². The van der Waals surface area contributed by atoms with E-state index in [1.807, 2.05) is 25.1 Å². The summed E-state index contributed by atoms with van der Waals surface area (Å²) in [7, 11) is 3.05. The van der Waals surface area contributed by atoms with Crippen LogP contribution in [0.3, 0.4) is 0 Å². The first-order chi connectivity index (χ1) is 19.1. The zero-order valence-electron chi connectivity index (χ0n) is 23.6. The summed E-state index contributed by atoms with van der Waals surface area (Å²) >= 11 is 0. The molecule has 1 N–H and O–H groups in total. The maximum absolute atomic E-state index is 12.1. The molecule has 0 aromatic heterocycles. The lowest BCUT2D eigenvalue weighted by atomic mass is 9.85. The highest BCUT2D eigenvalue weighted by atomic mass is 16.6. The number of fused-ring (bicyclic) bond motifs is 1. The highest BCUT2D eigenvalue weighted by molar-refractivity contribution is 5.88. The maximum atomic E-state index is 12.1. The standard InChI is InChI=1S/C31H34N2O7/c1-7-8-29(34)40-21-10-11-23(27(16-21)38-6)22-12-13-25-30(19(2)17-31(3,4)32-25)24(22)18-39-28-15-20(33(35)36)9-14-26(28)37-5/h9-17,32H,7-8,18H2,1-6H3. The number of carbonyl (C=O) groups is 1. The second kappa shape index (κ2) is 11.7. The minimum atomic E-state index is -0.471. The summed E-state index contributed by atoms with van der Waals surface area (Å²) in [6, 6.07) is 13.6. The topological polar surface area (TPSA) is 109 Å². The number of ether oxygens (including phenoxy) is 4. The number of non-ortho nitro benzene ring substituents is 1. The molecule has 0 amide bonds. The molecule has 1 aliphatic rings. The van der Waals surface area contributed by atoms with Crippen molar-refractivity contribution in [3.8, 4) is 34.1 Å². The number of hydrogen-bond donors (Lipinski definition) is 1. The van der Waals surface area contributed by atoms with Gasteiger partial charge >= 0.3 is 5.97 Å². The summed E-state index contributed by atoms with van der Waals surface area (Å²) in [6.07, 6.45) is 3.18. The number of nitrogens with zero attached hydrogens (tertiary/aromatic N) is 1.